The van der Waals surface area contributed by atoms with Crippen LogP contribution in [-0.4, -0.2) is 32.1 Å². The molecule has 134 valence electrons. The summed E-state index contributed by atoms with van der Waals surface area (Å²) in [6, 6.07) is 11.1. The van der Waals surface area contributed by atoms with Crippen LogP contribution in [0.4, 0.5) is 0 Å². The summed E-state index contributed by atoms with van der Waals surface area (Å²) in [6.07, 6.45) is 0. The van der Waals surface area contributed by atoms with E-state index in [1.165, 1.54) is 13.2 Å². The maximum Gasteiger partial charge on any atom is 0.344 e. The van der Waals surface area contributed by atoms with E-state index in [-0.39, 0.29) is 31.4 Å². The summed E-state index contributed by atoms with van der Waals surface area (Å²) in [6.45, 7) is -0.736. The van der Waals surface area contributed by atoms with Gasteiger partial charge in [-0.3, -0.25) is 4.79 Å². The molecule has 0 atom stereocenters. The maximum absolute atomic E-state index is 11.9. The first-order valence-electron chi connectivity index (χ1n) is 6.90. The molecule has 0 bridgehead atoms. The molecule has 2 aromatic rings. The third kappa shape index (κ3) is 6.29. The van der Waals surface area contributed by atoms with Gasteiger partial charge in [-0.1, -0.05) is 30.6 Å². The molecule has 0 heterocycles. The second-order valence-corrected chi connectivity index (χ2v) is 5.52. The molecule has 0 aliphatic rings. The van der Waals surface area contributed by atoms with Gasteiger partial charge < -0.3 is 14.2 Å². The number of hydrogen-bond acceptors (Lipinski definition) is 5. The number of hydrogen-bond donors (Lipinski definition) is 0. The van der Waals surface area contributed by atoms with Crippen LogP contribution in [0.2, 0.25) is 10.0 Å². The zero-order valence-electron chi connectivity index (χ0n) is 12.8. The molecule has 5 nitrogen and oxygen atoms in total. The predicted molar refractivity (Wildman–Crippen MR) is 97.0 cm³/mol. The fourth-order valence-corrected chi connectivity index (χ4v) is 2.24. The molecule has 0 unspecified atom stereocenters. The molecule has 0 aliphatic carbocycles. The lowest BCUT2D eigenvalue weighted by Crippen LogP contribution is -2.19. The zero-order valence-corrected chi connectivity index (χ0v) is 14.3. The van der Waals surface area contributed by atoms with E-state index in [9.17, 15) is 9.59 Å². The van der Waals surface area contributed by atoms with Crippen LogP contribution in [0.5, 0.6) is 11.5 Å². The van der Waals surface area contributed by atoms with E-state index >= 15 is 0 Å². The molecular formula is C18H18Cl2O5. The maximum atomic E-state index is 11.9. The van der Waals surface area contributed by atoms with Gasteiger partial charge in [-0.15, -0.1) is 0 Å². The largest absolute Gasteiger partial charge is 0.497 e. The van der Waals surface area contributed by atoms with Crippen molar-refractivity contribution in [1.29, 1.82) is 0 Å². The van der Waals surface area contributed by atoms with E-state index in [1.54, 1.807) is 36.4 Å². The molecule has 0 aromatic heterocycles. The van der Waals surface area contributed by atoms with Crippen molar-refractivity contribution in [1.82, 2.24) is 0 Å². The van der Waals surface area contributed by atoms with Crippen LogP contribution >= 0.6 is 23.2 Å². The minimum absolute atomic E-state index is 0. The van der Waals surface area contributed by atoms with Crippen molar-refractivity contribution in [3.63, 3.8) is 0 Å². The predicted octanol–water partition coefficient (Wildman–Crippen LogP) is 4.44. The molecule has 0 amide bonds. The second kappa shape index (κ2) is 9.91. The number of halogens is 2. The molecule has 0 fully saturated rings. The normalized spacial score (nSPS) is 9.72. The van der Waals surface area contributed by atoms with Crippen LogP contribution < -0.4 is 9.47 Å². The fraction of sp³-hybridized carbons (Fsp3) is 0.222. The fourth-order valence-electron chi connectivity index (χ4n) is 1.78. The van der Waals surface area contributed by atoms with Crippen LogP contribution in [0, 0.1) is 0 Å². The number of ketones is 1. The van der Waals surface area contributed by atoms with Crippen molar-refractivity contribution in [3.8, 4) is 11.5 Å². The third-order valence-corrected chi connectivity index (χ3v) is 3.55. The van der Waals surface area contributed by atoms with Gasteiger partial charge in [0.15, 0.2) is 19.0 Å². The Morgan fingerprint density at radius 1 is 1.00 bits per heavy atom. The minimum Gasteiger partial charge on any atom is -0.497 e. The molecule has 0 N–H and O–H groups in total. The average Bonchev–Trinajstić information content (AvgIpc) is 2.59. The van der Waals surface area contributed by atoms with Crippen LogP contribution in [0.25, 0.3) is 0 Å². The van der Waals surface area contributed by atoms with Crippen LogP contribution in [0.15, 0.2) is 42.5 Å². The molecule has 7 heteroatoms. The van der Waals surface area contributed by atoms with Gasteiger partial charge in [0.05, 0.1) is 12.1 Å². The first-order valence-corrected chi connectivity index (χ1v) is 7.66. The Morgan fingerprint density at radius 3 is 2.28 bits per heavy atom. The molecule has 0 aliphatic heterocycles. The van der Waals surface area contributed by atoms with Crippen LogP contribution in [-0.2, 0) is 9.53 Å². The number of esters is 1. The lowest BCUT2D eigenvalue weighted by atomic mass is 10.1. The van der Waals surface area contributed by atoms with Gasteiger partial charge in [0.1, 0.15) is 11.5 Å². The monoisotopic (exact) mass is 384 g/mol. The summed E-state index contributed by atoms with van der Waals surface area (Å²) in [5.41, 5.74) is 0.422. The van der Waals surface area contributed by atoms with Crippen molar-refractivity contribution >= 4 is 35.0 Å². The highest BCUT2D eigenvalue weighted by Crippen LogP contribution is 2.27. The SMILES string of the molecule is C.COc1ccc(C(=O)COC(=O)COc2ccc(Cl)cc2Cl)cc1. The lowest BCUT2D eigenvalue weighted by Gasteiger charge is -2.08. The van der Waals surface area contributed by atoms with E-state index in [1.807, 2.05) is 0 Å². The Bertz CT molecular complexity index is 729. The topological polar surface area (TPSA) is 61.8 Å². The van der Waals surface area contributed by atoms with Crippen molar-refractivity contribution in [2.75, 3.05) is 20.3 Å². The van der Waals surface area contributed by atoms with Crippen LogP contribution in [0.1, 0.15) is 17.8 Å². The molecule has 0 spiro atoms. The third-order valence-electron chi connectivity index (χ3n) is 3.02. The van der Waals surface area contributed by atoms with Gasteiger partial charge in [-0.05, 0) is 42.5 Å². The number of benzene rings is 2. The summed E-state index contributed by atoms with van der Waals surface area (Å²) < 4.78 is 15.1. The van der Waals surface area contributed by atoms with Gasteiger partial charge in [0.25, 0.3) is 0 Å². The van der Waals surface area contributed by atoms with Crippen molar-refractivity contribution in [3.05, 3.63) is 58.1 Å². The summed E-state index contributed by atoms with van der Waals surface area (Å²) in [5.74, 6) is -0.0605. The standard InChI is InChI=1S/C17H14Cl2O5.CH4/c1-22-13-5-2-11(3-6-13)15(20)9-24-17(21)10-23-16-7-4-12(18)8-14(16)19;/h2-8H,9-10H2,1H3;1H4. The number of rotatable bonds is 7. The van der Waals surface area contributed by atoms with Crippen molar-refractivity contribution in [2.24, 2.45) is 0 Å². The number of carbonyl (C=O) groups excluding carboxylic acids is 2. The van der Waals surface area contributed by atoms with Gasteiger partial charge >= 0.3 is 5.97 Å². The Morgan fingerprint density at radius 2 is 1.68 bits per heavy atom. The summed E-state index contributed by atoms with van der Waals surface area (Å²) in [4.78, 5) is 23.6. The van der Waals surface area contributed by atoms with E-state index in [2.05, 4.69) is 0 Å². The highest BCUT2D eigenvalue weighted by molar-refractivity contribution is 6.35. The van der Waals surface area contributed by atoms with Crippen molar-refractivity contribution in [2.45, 2.75) is 7.43 Å². The zero-order chi connectivity index (χ0) is 17.5. The summed E-state index contributed by atoms with van der Waals surface area (Å²) >= 11 is 11.7. The highest BCUT2D eigenvalue weighted by atomic mass is 35.5. The molecule has 0 saturated carbocycles. The van der Waals surface area contributed by atoms with E-state index < -0.39 is 5.97 Å². The first-order chi connectivity index (χ1) is 11.5. The van der Waals surface area contributed by atoms with Gasteiger partial charge in [0.2, 0.25) is 0 Å². The quantitative estimate of drug-likeness (QED) is 0.521. The van der Waals surface area contributed by atoms with Gasteiger partial charge in [0, 0.05) is 10.6 Å². The number of carbonyl (C=O) groups is 2. The Kier molecular flexibility index (Phi) is 8.25. The minimum atomic E-state index is -0.678. The summed E-state index contributed by atoms with van der Waals surface area (Å²) in [7, 11) is 1.53. The second-order valence-electron chi connectivity index (χ2n) is 4.68. The smallest absolute Gasteiger partial charge is 0.344 e. The molecular weight excluding hydrogens is 367 g/mol. The Balaban J connectivity index is 0.00000312. The molecule has 0 saturated heterocycles. The number of Topliss-reactive ketones (excluding diaryl/α,β-unsaturated/α-hetero) is 1. The summed E-state index contributed by atoms with van der Waals surface area (Å²) in [5, 5.41) is 0.740. The number of ether oxygens (including phenoxy) is 3. The Labute approximate surface area is 156 Å². The van der Waals surface area contributed by atoms with Gasteiger partial charge in [-0.25, -0.2) is 4.79 Å². The van der Waals surface area contributed by atoms with Crippen LogP contribution in [0.3, 0.4) is 0 Å². The van der Waals surface area contributed by atoms with Gasteiger partial charge in [-0.2, -0.15) is 0 Å². The molecule has 0 radical (unpaired) electrons. The molecule has 2 rings (SSSR count). The number of methoxy groups -OCH3 is 1. The lowest BCUT2D eigenvalue weighted by molar-refractivity contribution is -0.144. The average molecular weight is 385 g/mol. The first kappa shape index (κ1) is 20.8. The van der Waals surface area contributed by atoms with Crippen molar-refractivity contribution < 1.29 is 23.8 Å². The molecule has 2 aromatic carbocycles. The van der Waals surface area contributed by atoms with E-state index in [0.29, 0.717) is 22.1 Å². The molecule has 25 heavy (non-hydrogen) atoms. The van der Waals surface area contributed by atoms with E-state index in [0.717, 1.165) is 0 Å². The highest BCUT2D eigenvalue weighted by Gasteiger charge is 2.12. The Hall–Kier alpha value is -2.24. The van der Waals surface area contributed by atoms with E-state index in [4.69, 9.17) is 37.4 Å².